The van der Waals surface area contributed by atoms with Gasteiger partial charge in [0.15, 0.2) is 0 Å². The van der Waals surface area contributed by atoms with Crippen LogP contribution in [0.15, 0.2) is 48.5 Å². The Morgan fingerprint density at radius 1 is 0.909 bits per heavy atom. The number of aliphatic hydroxyl groups is 1. The fourth-order valence-electron chi connectivity index (χ4n) is 2.00. The fourth-order valence-corrected chi connectivity index (χ4v) is 2.00. The molecule has 3 N–H and O–H groups in total. The first-order valence-corrected chi connectivity index (χ1v) is 6.97. The Balaban J connectivity index is 2.00. The van der Waals surface area contributed by atoms with Crippen molar-refractivity contribution >= 4 is 23.2 Å². The van der Waals surface area contributed by atoms with Crippen molar-refractivity contribution < 1.29 is 14.7 Å². The molecule has 0 spiro atoms. The second-order valence-corrected chi connectivity index (χ2v) is 4.88. The molecule has 0 heterocycles. The number of carbonyl (C=O) groups is 2. The van der Waals surface area contributed by atoms with E-state index in [0.717, 1.165) is 5.56 Å². The van der Waals surface area contributed by atoms with Crippen LogP contribution in [0.5, 0.6) is 0 Å². The van der Waals surface area contributed by atoms with E-state index >= 15 is 0 Å². The lowest BCUT2D eigenvalue weighted by molar-refractivity contribution is -0.114. The summed E-state index contributed by atoms with van der Waals surface area (Å²) < 4.78 is 0. The molecule has 0 aliphatic rings. The Bertz CT molecular complexity index is 649. The maximum Gasteiger partial charge on any atom is 0.255 e. The zero-order valence-electron chi connectivity index (χ0n) is 12.3. The monoisotopic (exact) mass is 298 g/mol. The third kappa shape index (κ3) is 4.43. The fraction of sp³-hybridized carbons (Fsp3) is 0.176. The van der Waals surface area contributed by atoms with Crippen LogP contribution in [-0.4, -0.2) is 23.5 Å². The Morgan fingerprint density at radius 2 is 1.45 bits per heavy atom. The SMILES string of the molecule is CC(=O)Nc1ccc(C(=O)Nc2ccc(CCO)cc2)cc1. The zero-order chi connectivity index (χ0) is 15.9. The van der Waals surface area contributed by atoms with Gasteiger partial charge in [-0.3, -0.25) is 9.59 Å². The molecular formula is C17H18N2O3. The molecule has 0 saturated carbocycles. The molecule has 0 atom stereocenters. The lowest BCUT2D eigenvalue weighted by Crippen LogP contribution is -2.12. The minimum atomic E-state index is -0.218. The van der Waals surface area contributed by atoms with Crippen LogP contribution < -0.4 is 10.6 Å². The minimum Gasteiger partial charge on any atom is -0.396 e. The van der Waals surface area contributed by atoms with Crippen LogP contribution in [0.3, 0.4) is 0 Å². The highest BCUT2D eigenvalue weighted by Crippen LogP contribution is 2.14. The van der Waals surface area contributed by atoms with Crippen molar-refractivity contribution in [3.8, 4) is 0 Å². The van der Waals surface area contributed by atoms with Crippen molar-refractivity contribution in [2.75, 3.05) is 17.2 Å². The molecule has 22 heavy (non-hydrogen) atoms. The Hall–Kier alpha value is -2.66. The second-order valence-electron chi connectivity index (χ2n) is 4.88. The number of hydrogen-bond donors (Lipinski definition) is 3. The van der Waals surface area contributed by atoms with Gasteiger partial charge in [-0.15, -0.1) is 0 Å². The molecule has 0 unspecified atom stereocenters. The highest BCUT2D eigenvalue weighted by Gasteiger charge is 2.06. The van der Waals surface area contributed by atoms with Gasteiger partial charge in [0, 0.05) is 30.5 Å². The Labute approximate surface area is 129 Å². The van der Waals surface area contributed by atoms with Crippen molar-refractivity contribution in [3.63, 3.8) is 0 Å². The summed E-state index contributed by atoms with van der Waals surface area (Å²) in [6.07, 6.45) is 0.596. The molecule has 114 valence electrons. The highest BCUT2D eigenvalue weighted by atomic mass is 16.3. The summed E-state index contributed by atoms with van der Waals surface area (Å²) in [6.45, 7) is 1.54. The van der Waals surface area contributed by atoms with Gasteiger partial charge in [0.05, 0.1) is 0 Å². The lowest BCUT2D eigenvalue weighted by atomic mass is 10.1. The van der Waals surface area contributed by atoms with Crippen molar-refractivity contribution in [1.82, 2.24) is 0 Å². The topological polar surface area (TPSA) is 78.4 Å². The van der Waals surface area contributed by atoms with E-state index in [1.807, 2.05) is 12.1 Å². The highest BCUT2D eigenvalue weighted by molar-refractivity contribution is 6.04. The maximum absolute atomic E-state index is 12.1. The minimum absolute atomic E-state index is 0.104. The molecule has 0 saturated heterocycles. The number of anilines is 2. The number of benzene rings is 2. The molecule has 2 rings (SSSR count). The van der Waals surface area contributed by atoms with Crippen LogP contribution in [-0.2, 0) is 11.2 Å². The summed E-state index contributed by atoms with van der Waals surface area (Å²) in [5, 5.41) is 14.3. The number of carbonyl (C=O) groups excluding carboxylic acids is 2. The smallest absolute Gasteiger partial charge is 0.255 e. The maximum atomic E-state index is 12.1. The van der Waals surface area contributed by atoms with Gasteiger partial charge in [0.25, 0.3) is 5.91 Å². The molecule has 0 bridgehead atoms. The zero-order valence-corrected chi connectivity index (χ0v) is 12.3. The van der Waals surface area contributed by atoms with E-state index < -0.39 is 0 Å². The van der Waals surface area contributed by atoms with E-state index in [2.05, 4.69) is 10.6 Å². The van der Waals surface area contributed by atoms with Gasteiger partial charge < -0.3 is 15.7 Å². The lowest BCUT2D eigenvalue weighted by Gasteiger charge is -2.07. The molecule has 0 aliphatic carbocycles. The normalized spacial score (nSPS) is 10.1. The number of amides is 2. The van der Waals surface area contributed by atoms with Crippen molar-refractivity contribution in [3.05, 3.63) is 59.7 Å². The molecule has 5 nitrogen and oxygen atoms in total. The van der Waals surface area contributed by atoms with Gasteiger partial charge in [-0.1, -0.05) is 12.1 Å². The summed E-state index contributed by atoms with van der Waals surface area (Å²) in [4.78, 5) is 23.1. The van der Waals surface area contributed by atoms with E-state index in [9.17, 15) is 9.59 Å². The Morgan fingerprint density at radius 3 is 2.00 bits per heavy atom. The molecule has 2 aromatic carbocycles. The number of hydrogen-bond acceptors (Lipinski definition) is 3. The van der Waals surface area contributed by atoms with E-state index in [1.54, 1.807) is 36.4 Å². The first-order valence-electron chi connectivity index (χ1n) is 6.97. The molecule has 2 amide bonds. The third-order valence-electron chi connectivity index (χ3n) is 3.08. The first kappa shape index (κ1) is 15.7. The second kappa shape index (κ2) is 7.38. The van der Waals surface area contributed by atoms with Crippen LogP contribution in [0, 0.1) is 0 Å². The number of rotatable bonds is 5. The summed E-state index contributed by atoms with van der Waals surface area (Å²) in [5.41, 5.74) is 2.86. The van der Waals surface area contributed by atoms with Gasteiger partial charge >= 0.3 is 0 Å². The van der Waals surface area contributed by atoms with Crippen LogP contribution >= 0.6 is 0 Å². The average molecular weight is 298 g/mol. The van der Waals surface area contributed by atoms with Gasteiger partial charge in [0.1, 0.15) is 0 Å². The van der Waals surface area contributed by atoms with Gasteiger partial charge in [-0.05, 0) is 48.4 Å². The van der Waals surface area contributed by atoms with E-state index in [1.165, 1.54) is 6.92 Å². The van der Waals surface area contributed by atoms with E-state index in [4.69, 9.17) is 5.11 Å². The largest absolute Gasteiger partial charge is 0.396 e. The van der Waals surface area contributed by atoms with Crippen molar-refractivity contribution in [1.29, 1.82) is 0 Å². The molecule has 0 radical (unpaired) electrons. The quantitative estimate of drug-likeness (QED) is 0.793. The standard InChI is InChI=1S/C17H18N2O3/c1-12(21)18-15-8-4-14(5-9-15)17(22)19-16-6-2-13(3-7-16)10-11-20/h2-9,20H,10-11H2,1H3,(H,18,21)(H,19,22). The van der Waals surface area contributed by atoms with Gasteiger partial charge in [-0.2, -0.15) is 0 Å². The van der Waals surface area contributed by atoms with Crippen LogP contribution in [0.4, 0.5) is 11.4 Å². The molecule has 5 heteroatoms. The predicted octanol–water partition coefficient (Wildman–Crippen LogP) is 2.43. The number of aliphatic hydroxyl groups excluding tert-OH is 1. The van der Waals surface area contributed by atoms with Crippen molar-refractivity contribution in [2.24, 2.45) is 0 Å². The molecular weight excluding hydrogens is 280 g/mol. The van der Waals surface area contributed by atoms with Gasteiger partial charge in [0.2, 0.25) is 5.91 Å². The first-order chi connectivity index (χ1) is 10.6. The van der Waals surface area contributed by atoms with Crippen LogP contribution in [0.1, 0.15) is 22.8 Å². The molecule has 2 aromatic rings. The van der Waals surface area contributed by atoms with E-state index in [0.29, 0.717) is 23.4 Å². The summed E-state index contributed by atoms with van der Waals surface area (Å²) in [5.74, 6) is -0.371. The Kier molecular flexibility index (Phi) is 5.27. The van der Waals surface area contributed by atoms with Crippen LogP contribution in [0.2, 0.25) is 0 Å². The molecule has 0 fully saturated rings. The predicted molar refractivity (Wildman–Crippen MR) is 85.9 cm³/mol. The number of nitrogens with one attached hydrogen (secondary N) is 2. The molecule has 0 aliphatic heterocycles. The van der Waals surface area contributed by atoms with E-state index in [-0.39, 0.29) is 18.4 Å². The average Bonchev–Trinajstić information content (AvgIpc) is 2.49. The summed E-state index contributed by atoms with van der Waals surface area (Å²) >= 11 is 0. The van der Waals surface area contributed by atoms with Crippen molar-refractivity contribution in [2.45, 2.75) is 13.3 Å². The third-order valence-corrected chi connectivity index (χ3v) is 3.08. The van der Waals surface area contributed by atoms with Gasteiger partial charge in [-0.25, -0.2) is 0 Å². The molecule has 0 aromatic heterocycles. The summed E-state index contributed by atoms with van der Waals surface area (Å²) in [6, 6.07) is 14.0. The summed E-state index contributed by atoms with van der Waals surface area (Å²) in [7, 11) is 0. The van der Waals surface area contributed by atoms with Crippen LogP contribution in [0.25, 0.3) is 0 Å².